The molecule has 1 saturated carbocycles. The van der Waals surface area contributed by atoms with Crippen LogP contribution in [0.5, 0.6) is 5.75 Å². The molecule has 0 aromatic heterocycles. The second-order valence-electron chi connectivity index (χ2n) is 5.07. The minimum Gasteiger partial charge on any atom is -0.494 e. The van der Waals surface area contributed by atoms with Gasteiger partial charge in [0, 0.05) is 12.6 Å². The molecule has 1 fully saturated rings. The van der Waals surface area contributed by atoms with Gasteiger partial charge in [-0.15, -0.1) is 0 Å². The zero-order valence-electron chi connectivity index (χ0n) is 12.0. The first-order chi connectivity index (χ1) is 10.0. The van der Waals surface area contributed by atoms with Gasteiger partial charge in [-0.2, -0.15) is 4.31 Å². The summed E-state index contributed by atoms with van der Waals surface area (Å²) < 4.78 is 45.2. The summed E-state index contributed by atoms with van der Waals surface area (Å²) >= 11 is 0. The Morgan fingerprint density at radius 2 is 2.05 bits per heavy atom. The summed E-state index contributed by atoms with van der Waals surface area (Å²) in [5.41, 5.74) is 0. The average Bonchev–Trinajstić information content (AvgIpc) is 2.98. The molecule has 0 bridgehead atoms. The number of benzene rings is 1. The first-order valence-electron chi connectivity index (χ1n) is 6.97. The van der Waals surface area contributed by atoms with E-state index in [1.54, 1.807) is 0 Å². The van der Waals surface area contributed by atoms with E-state index in [1.807, 2.05) is 0 Å². The summed E-state index contributed by atoms with van der Waals surface area (Å²) in [7, 11) is -2.49. The van der Waals surface area contributed by atoms with Crippen molar-refractivity contribution in [3.05, 3.63) is 24.0 Å². The molecule has 0 heterocycles. The Hall–Kier alpha value is -1.18. The molecule has 1 aromatic carbocycles. The molecule has 0 amide bonds. The number of halogens is 1. The van der Waals surface area contributed by atoms with Gasteiger partial charge in [0.25, 0.3) is 0 Å². The van der Waals surface area contributed by atoms with Crippen LogP contribution in [0, 0.1) is 5.82 Å². The Kier molecular flexibility index (Phi) is 5.18. The Labute approximate surface area is 124 Å². The molecule has 5 nitrogen and oxygen atoms in total. The largest absolute Gasteiger partial charge is 0.494 e. The fourth-order valence-corrected chi connectivity index (χ4v) is 4.42. The standard InChI is InChI=1S/C14H20FNO4S/c1-20-14-7-6-12(10-13(14)15)21(18,19)16(8-9-17)11-4-2-3-5-11/h6-7,10-11,17H,2-5,8-9H2,1H3. The molecule has 0 unspecified atom stereocenters. The minimum absolute atomic E-state index is 0.00326. The molecule has 1 aliphatic carbocycles. The van der Waals surface area contributed by atoms with Crippen LogP contribution < -0.4 is 4.74 Å². The third-order valence-corrected chi connectivity index (χ3v) is 5.73. The van der Waals surface area contributed by atoms with E-state index in [-0.39, 0.29) is 29.8 Å². The second kappa shape index (κ2) is 6.72. The Balaban J connectivity index is 2.35. The van der Waals surface area contributed by atoms with Crippen molar-refractivity contribution in [2.45, 2.75) is 36.6 Å². The number of hydrogen-bond acceptors (Lipinski definition) is 4. The van der Waals surface area contributed by atoms with Crippen LogP contribution in [-0.2, 0) is 10.0 Å². The van der Waals surface area contributed by atoms with E-state index < -0.39 is 15.8 Å². The number of methoxy groups -OCH3 is 1. The first kappa shape index (κ1) is 16.2. The van der Waals surface area contributed by atoms with Crippen molar-refractivity contribution in [1.82, 2.24) is 4.31 Å². The number of nitrogens with zero attached hydrogens (tertiary/aromatic N) is 1. The van der Waals surface area contributed by atoms with Crippen LogP contribution in [0.2, 0.25) is 0 Å². The van der Waals surface area contributed by atoms with Gasteiger partial charge in [-0.05, 0) is 31.0 Å². The van der Waals surface area contributed by atoms with Gasteiger partial charge in [-0.25, -0.2) is 12.8 Å². The quantitative estimate of drug-likeness (QED) is 0.868. The monoisotopic (exact) mass is 317 g/mol. The number of hydrogen-bond donors (Lipinski definition) is 1. The van der Waals surface area contributed by atoms with E-state index in [2.05, 4.69) is 0 Å². The molecule has 0 atom stereocenters. The van der Waals surface area contributed by atoms with Gasteiger partial charge in [0.1, 0.15) is 0 Å². The van der Waals surface area contributed by atoms with Gasteiger partial charge >= 0.3 is 0 Å². The van der Waals surface area contributed by atoms with Crippen molar-refractivity contribution in [3.8, 4) is 5.75 Å². The fourth-order valence-electron chi connectivity index (χ4n) is 2.73. The highest BCUT2D eigenvalue weighted by Gasteiger charge is 2.33. The van der Waals surface area contributed by atoms with E-state index in [0.29, 0.717) is 0 Å². The highest BCUT2D eigenvalue weighted by molar-refractivity contribution is 7.89. The van der Waals surface area contributed by atoms with E-state index in [4.69, 9.17) is 9.84 Å². The summed E-state index contributed by atoms with van der Waals surface area (Å²) in [6.07, 6.45) is 3.49. The van der Waals surface area contributed by atoms with Crippen LogP contribution in [0.3, 0.4) is 0 Å². The molecule has 21 heavy (non-hydrogen) atoms. The van der Waals surface area contributed by atoms with Gasteiger partial charge in [0.05, 0.1) is 18.6 Å². The maximum absolute atomic E-state index is 13.7. The number of aliphatic hydroxyl groups excluding tert-OH is 1. The third kappa shape index (κ3) is 3.36. The molecule has 1 N–H and O–H groups in total. The lowest BCUT2D eigenvalue weighted by Gasteiger charge is -2.27. The van der Waals surface area contributed by atoms with Crippen LogP contribution in [0.4, 0.5) is 4.39 Å². The lowest BCUT2D eigenvalue weighted by Crippen LogP contribution is -2.40. The maximum Gasteiger partial charge on any atom is 0.243 e. The summed E-state index contributed by atoms with van der Waals surface area (Å²) in [4.78, 5) is -0.110. The molecule has 0 radical (unpaired) electrons. The predicted molar refractivity (Wildman–Crippen MR) is 76.2 cm³/mol. The molecule has 2 rings (SSSR count). The molecule has 0 spiro atoms. The van der Waals surface area contributed by atoms with Crippen molar-refractivity contribution in [2.75, 3.05) is 20.3 Å². The molecular formula is C14H20FNO4S. The normalized spacial score (nSPS) is 16.6. The number of ether oxygens (including phenoxy) is 1. The Morgan fingerprint density at radius 3 is 2.57 bits per heavy atom. The smallest absolute Gasteiger partial charge is 0.243 e. The topological polar surface area (TPSA) is 66.8 Å². The van der Waals surface area contributed by atoms with Gasteiger partial charge in [0.2, 0.25) is 10.0 Å². The molecule has 1 aliphatic rings. The molecule has 118 valence electrons. The fraction of sp³-hybridized carbons (Fsp3) is 0.571. The molecule has 0 saturated heterocycles. The van der Waals surface area contributed by atoms with Crippen LogP contribution in [0.15, 0.2) is 23.1 Å². The van der Waals surface area contributed by atoms with E-state index in [9.17, 15) is 12.8 Å². The third-order valence-electron chi connectivity index (χ3n) is 3.78. The zero-order valence-corrected chi connectivity index (χ0v) is 12.8. The molecule has 0 aliphatic heterocycles. The lowest BCUT2D eigenvalue weighted by atomic mass is 10.2. The molecule has 7 heteroatoms. The van der Waals surface area contributed by atoms with E-state index >= 15 is 0 Å². The summed E-state index contributed by atoms with van der Waals surface area (Å²) in [6, 6.07) is 3.48. The highest BCUT2D eigenvalue weighted by Crippen LogP contribution is 2.29. The summed E-state index contributed by atoms with van der Waals surface area (Å²) in [6.45, 7) is -0.227. The Bertz CT molecular complexity index is 585. The number of sulfonamides is 1. The van der Waals surface area contributed by atoms with E-state index in [0.717, 1.165) is 31.7 Å². The van der Waals surface area contributed by atoms with Crippen LogP contribution in [-0.4, -0.2) is 44.1 Å². The van der Waals surface area contributed by atoms with Gasteiger partial charge in [0.15, 0.2) is 11.6 Å². The zero-order chi connectivity index (χ0) is 15.5. The first-order valence-corrected chi connectivity index (χ1v) is 8.41. The second-order valence-corrected chi connectivity index (χ2v) is 6.96. The lowest BCUT2D eigenvalue weighted by molar-refractivity contribution is 0.226. The molecule has 1 aromatic rings. The van der Waals surface area contributed by atoms with Gasteiger partial charge in [-0.1, -0.05) is 12.8 Å². The number of aliphatic hydroxyl groups is 1. The minimum atomic E-state index is -3.82. The van der Waals surface area contributed by atoms with Crippen molar-refractivity contribution in [2.24, 2.45) is 0 Å². The van der Waals surface area contributed by atoms with Crippen LogP contribution in [0.1, 0.15) is 25.7 Å². The SMILES string of the molecule is COc1ccc(S(=O)(=O)N(CCO)C2CCCC2)cc1F. The van der Waals surface area contributed by atoms with Crippen molar-refractivity contribution >= 4 is 10.0 Å². The summed E-state index contributed by atoms with van der Waals surface area (Å²) in [5, 5.41) is 9.14. The van der Waals surface area contributed by atoms with Crippen LogP contribution in [0.25, 0.3) is 0 Å². The highest BCUT2D eigenvalue weighted by atomic mass is 32.2. The molecular weight excluding hydrogens is 297 g/mol. The van der Waals surface area contributed by atoms with Gasteiger partial charge in [-0.3, -0.25) is 0 Å². The summed E-state index contributed by atoms with van der Waals surface area (Å²) in [5.74, 6) is -0.711. The van der Waals surface area contributed by atoms with Crippen LogP contribution >= 0.6 is 0 Å². The maximum atomic E-state index is 13.7. The number of rotatable bonds is 6. The van der Waals surface area contributed by atoms with E-state index in [1.165, 1.54) is 23.5 Å². The van der Waals surface area contributed by atoms with Crippen molar-refractivity contribution in [3.63, 3.8) is 0 Å². The van der Waals surface area contributed by atoms with Crippen molar-refractivity contribution in [1.29, 1.82) is 0 Å². The van der Waals surface area contributed by atoms with Gasteiger partial charge < -0.3 is 9.84 Å². The Morgan fingerprint density at radius 1 is 1.38 bits per heavy atom. The average molecular weight is 317 g/mol. The van der Waals surface area contributed by atoms with Crippen molar-refractivity contribution < 1.29 is 22.7 Å². The predicted octanol–water partition coefficient (Wildman–Crippen LogP) is 1.76.